The van der Waals surface area contributed by atoms with Gasteiger partial charge in [-0.1, -0.05) is 47.6 Å². The van der Waals surface area contributed by atoms with Gasteiger partial charge in [-0.15, -0.1) is 0 Å². The van der Waals surface area contributed by atoms with Crippen LogP contribution >= 0.6 is 23.4 Å². The zero-order chi connectivity index (χ0) is 23.7. The highest BCUT2D eigenvalue weighted by molar-refractivity contribution is 8.04. The first-order chi connectivity index (χ1) is 16.5. The zero-order valence-corrected chi connectivity index (χ0v) is 19.7. The van der Waals surface area contributed by atoms with Crippen LogP contribution in [0.25, 0.3) is 6.08 Å². The number of hydrogen-bond acceptors (Lipinski definition) is 4. The molecule has 1 saturated heterocycles. The number of benzene rings is 3. The lowest BCUT2D eigenvalue weighted by Crippen LogP contribution is -2.48. The van der Waals surface area contributed by atoms with Crippen molar-refractivity contribution >= 4 is 52.6 Å². The van der Waals surface area contributed by atoms with E-state index in [0.29, 0.717) is 52.9 Å². The lowest BCUT2D eigenvalue weighted by Gasteiger charge is -2.36. The Labute approximate surface area is 206 Å². The monoisotopic (exact) mass is 493 g/mol. The van der Waals surface area contributed by atoms with Crippen LogP contribution in [0.4, 0.5) is 15.8 Å². The van der Waals surface area contributed by atoms with Crippen LogP contribution in [0.5, 0.6) is 0 Å². The van der Waals surface area contributed by atoms with Gasteiger partial charge in [0.15, 0.2) is 0 Å². The normalized spacial score (nSPS) is 16.9. The van der Waals surface area contributed by atoms with Crippen LogP contribution in [0.2, 0.25) is 5.02 Å². The van der Waals surface area contributed by atoms with E-state index in [-0.39, 0.29) is 17.6 Å². The second kappa shape index (κ2) is 9.52. The smallest absolute Gasteiger partial charge is 0.262 e. The van der Waals surface area contributed by atoms with Gasteiger partial charge in [0.1, 0.15) is 5.82 Å². The number of anilines is 2. The van der Waals surface area contributed by atoms with E-state index in [0.717, 1.165) is 10.6 Å². The van der Waals surface area contributed by atoms with Gasteiger partial charge < -0.3 is 15.1 Å². The molecule has 0 unspecified atom stereocenters. The minimum absolute atomic E-state index is 0.0690. The maximum absolute atomic E-state index is 14.0. The maximum atomic E-state index is 14.0. The highest BCUT2D eigenvalue weighted by Crippen LogP contribution is 2.39. The fourth-order valence-corrected chi connectivity index (χ4v) is 5.16. The summed E-state index contributed by atoms with van der Waals surface area (Å²) in [6.07, 6.45) is 1.54. The molecule has 172 valence electrons. The Balaban J connectivity index is 1.28. The summed E-state index contributed by atoms with van der Waals surface area (Å²) in [5.41, 5.74) is 2.51. The number of hydrogen-bond donors (Lipinski definition) is 1. The highest BCUT2D eigenvalue weighted by atomic mass is 35.5. The molecule has 8 heteroatoms. The lowest BCUT2D eigenvalue weighted by atomic mass is 10.1. The fraction of sp³-hybridized carbons (Fsp3) is 0.154. The molecule has 2 aliphatic rings. The largest absolute Gasteiger partial charge is 0.368 e. The number of piperazine rings is 1. The van der Waals surface area contributed by atoms with Crippen LogP contribution in [-0.2, 0) is 4.79 Å². The summed E-state index contributed by atoms with van der Waals surface area (Å²) in [5, 5.41) is 3.53. The first kappa shape index (κ1) is 22.5. The number of nitrogens with zero attached hydrogens (tertiary/aromatic N) is 2. The van der Waals surface area contributed by atoms with Crippen molar-refractivity contribution in [3.63, 3.8) is 0 Å². The van der Waals surface area contributed by atoms with Gasteiger partial charge in [-0.25, -0.2) is 4.39 Å². The van der Waals surface area contributed by atoms with E-state index in [4.69, 9.17) is 11.6 Å². The molecule has 3 aromatic carbocycles. The Bertz CT molecular complexity index is 1300. The first-order valence-corrected chi connectivity index (χ1v) is 12.1. The zero-order valence-electron chi connectivity index (χ0n) is 18.1. The van der Waals surface area contributed by atoms with Gasteiger partial charge in [-0.05, 0) is 48.5 Å². The molecule has 0 spiro atoms. The molecule has 1 fully saturated rings. The Morgan fingerprint density at radius 2 is 1.79 bits per heavy atom. The number of carbonyl (C=O) groups is 2. The number of carbonyl (C=O) groups excluding carboxylic acids is 2. The quantitative estimate of drug-likeness (QED) is 0.488. The van der Waals surface area contributed by atoms with E-state index in [2.05, 4.69) is 10.2 Å². The van der Waals surface area contributed by atoms with E-state index in [9.17, 15) is 14.0 Å². The van der Waals surface area contributed by atoms with Crippen molar-refractivity contribution in [2.24, 2.45) is 0 Å². The molecule has 3 aromatic rings. The first-order valence-electron chi connectivity index (χ1n) is 10.9. The molecule has 5 rings (SSSR count). The molecule has 5 nitrogen and oxygen atoms in total. The summed E-state index contributed by atoms with van der Waals surface area (Å²) in [6.45, 7) is 2.62. The summed E-state index contributed by atoms with van der Waals surface area (Å²) in [6, 6.07) is 19.3. The average Bonchev–Trinajstić information content (AvgIpc) is 2.85. The van der Waals surface area contributed by atoms with Gasteiger partial charge in [-0.2, -0.15) is 0 Å². The summed E-state index contributed by atoms with van der Waals surface area (Å²) < 4.78 is 14.0. The summed E-state index contributed by atoms with van der Waals surface area (Å²) in [5.74, 6) is -0.772. The van der Waals surface area contributed by atoms with Crippen LogP contribution in [-0.4, -0.2) is 42.9 Å². The van der Waals surface area contributed by atoms with Crippen molar-refractivity contribution in [1.82, 2.24) is 4.90 Å². The van der Waals surface area contributed by atoms with E-state index in [1.165, 1.54) is 23.9 Å². The van der Waals surface area contributed by atoms with Crippen LogP contribution in [0, 0.1) is 5.82 Å². The standard InChI is InChI=1S/C26H21ClFN3O2S/c27-19-5-3-6-20(16-19)30-10-12-31(13-11-30)26(33)18-8-9-23-22(14-18)29-25(32)24(34-23)15-17-4-1-2-7-21(17)28/h1-9,14-16H,10-13H2,(H,29,32)/b24-15+. The molecular weight excluding hydrogens is 473 g/mol. The van der Waals surface area contributed by atoms with Gasteiger partial charge in [0, 0.05) is 52.9 Å². The molecule has 0 atom stereocenters. The van der Waals surface area contributed by atoms with E-state index < -0.39 is 0 Å². The summed E-state index contributed by atoms with van der Waals surface area (Å²) >= 11 is 7.37. The van der Waals surface area contributed by atoms with Crippen LogP contribution in [0.15, 0.2) is 76.5 Å². The van der Waals surface area contributed by atoms with Crippen molar-refractivity contribution in [2.75, 3.05) is 36.4 Å². The number of amides is 2. The molecule has 1 N–H and O–H groups in total. The van der Waals surface area contributed by atoms with Gasteiger partial charge >= 0.3 is 0 Å². The molecular formula is C26H21ClFN3O2S. The van der Waals surface area contributed by atoms with Crippen molar-refractivity contribution in [3.8, 4) is 0 Å². The Morgan fingerprint density at radius 1 is 1.00 bits per heavy atom. The van der Waals surface area contributed by atoms with Gasteiger partial charge in [-0.3, -0.25) is 9.59 Å². The van der Waals surface area contributed by atoms with Gasteiger partial charge in [0.25, 0.3) is 11.8 Å². The van der Waals surface area contributed by atoms with Crippen LogP contribution in [0.3, 0.4) is 0 Å². The second-order valence-electron chi connectivity index (χ2n) is 8.06. The molecule has 0 radical (unpaired) electrons. The van der Waals surface area contributed by atoms with Crippen molar-refractivity contribution < 1.29 is 14.0 Å². The predicted octanol–water partition coefficient (Wildman–Crippen LogP) is 5.53. The number of fused-ring (bicyclic) bond motifs is 1. The Morgan fingerprint density at radius 3 is 2.56 bits per heavy atom. The van der Waals surface area contributed by atoms with Crippen LogP contribution in [0.1, 0.15) is 15.9 Å². The predicted molar refractivity (Wildman–Crippen MR) is 135 cm³/mol. The van der Waals surface area contributed by atoms with Gasteiger partial charge in [0.2, 0.25) is 0 Å². The van der Waals surface area contributed by atoms with Crippen molar-refractivity contribution in [3.05, 3.63) is 93.6 Å². The molecule has 34 heavy (non-hydrogen) atoms. The van der Waals surface area contributed by atoms with E-state index >= 15 is 0 Å². The lowest BCUT2D eigenvalue weighted by molar-refractivity contribution is -0.112. The molecule has 0 saturated carbocycles. The fourth-order valence-electron chi connectivity index (χ4n) is 4.05. The maximum Gasteiger partial charge on any atom is 0.262 e. The van der Waals surface area contributed by atoms with E-state index in [1.807, 2.05) is 35.2 Å². The summed E-state index contributed by atoms with van der Waals surface area (Å²) in [4.78, 5) is 31.0. The second-order valence-corrected chi connectivity index (χ2v) is 9.58. The Kier molecular flexibility index (Phi) is 6.30. The highest BCUT2D eigenvalue weighted by Gasteiger charge is 2.26. The number of halogens is 2. The molecule has 2 heterocycles. The molecule has 0 aromatic heterocycles. The number of thioether (sulfide) groups is 1. The number of rotatable bonds is 3. The molecule has 0 aliphatic carbocycles. The average molecular weight is 494 g/mol. The minimum atomic E-state index is -0.384. The van der Waals surface area contributed by atoms with Crippen molar-refractivity contribution in [2.45, 2.75) is 4.90 Å². The van der Waals surface area contributed by atoms with Crippen LogP contribution < -0.4 is 10.2 Å². The van der Waals surface area contributed by atoms with Gasteiger partial charge in [0.05, 0.1) is 10.6 Å². The third-order valence-electron chi connectivity index (χ3n) is 5.85. The summed E-state index contributed by atoms with van der Waals surface area (Å²) in [7, 11) is 0. The topological polar surface area (TPSA) is 52.7 Å². The van der Waals surface area contributed by atoms with Crippen molar-refractivity contribution in [1.29, 1.82) is 0 Å². The number of nitrogens with one attached hydrogen (secondary N) is 1. The third-order valence-corrected chi connectivity index (χ3v) is 7.18. The SMILES string of the molecule is O=C1Nc2cc(C(=O)N3CCN(c4cccc(Cl)c4)CC3)ccc2S/C1=C/c1ccccc1F. The molecule has 2 aliphatic heterocycles. The third kappa shape index (κ3) is 4.67. The Hall–Kier alpha value is -3.29. The molecule has 2 amide bonds. The minimum Gasteiger partial charge on any atom is -0.368 e. The molecule has 0 bridgehead atoms. The van der Waals surface area contributed by atoms with E-state index in [1.54, 1.807) is 30.3 Å².